The first-order valence-corrected chi connectivity index (χ1v) is 6.39. The Kier molecular flexibility index (Phi) is 4.37. The minimum Gasteiger partial charge on any atom is -0.481 e. The van der Waals surface area contributed by atoms with E-state index in [1.807, 2.05) is 27.7 Å². The molecule has 0 aromatic heterocycles. The van der Waals surface area contributed by atoms with Crippen molar-refractivity contribution in [2.45, 2.75) is 46.6 Å². The second kappa shape index (κ2) is 5.26. The molecule has 5 nitrogen and oxygen atoms in total. The molecule has 1 aliphatic heterocycles. The first kappa shape index (κ1) is 15.0. The summed E-state index contributed by atoms with van der Waals surface area (Å²) in [5.41, 5.74) is -0.682. The lowest BCUT2D eigenvalue weighted by atomic mass is 9.82. The third kappa shape index (κ3) is 3.70. The molecular weight excluding hydrogens is 232 g/mol. The first-order chi connectivity index (χ1) is 8.15. The lowest BCUT2D eigenvalue weighted by Gasteiger charge is -2.33. The molecule has 1 amide bonds. The third-order valence-electron chi connectivity index (χ3n) is 3.65. The maximum absolute atomic E-state index is 12.3. The lowest BCUT2D eigenvalue weighted by Crippen LogP contribution is -2.50. The number of aliphatic carboxylic acids is 1. The molecule has 2 atom stereocenters. The molecule has 1 saturated heterocycles. The van der Waals surface area contributed by atoms with E-state index in [1.165, 1.54) is 0 Å². The monoisotopic (exact) mass is 256 g/mol. The molecule has 104 valence electrons. The average Bonchev–Trinajstić information content (AvgIpc) is 2.63. The molecule has 0 bridgehead atoms. The van der Waals surface area contributed by atoms with Gasteiger partial charge in [-0.3, -0.25) is 9.59 Å². The molecule has 0 radical (unpaired) electrons. The number of nitrogens with one attached hydrogen (secondary N) is 2. The van der Waals surface area contributed by atoms with Gasteiger partial charge in [-0.25, -0.2) is 0 Å². The highest BCUT2D eigenvalue weighted by Gasteiger charge is 2.39. The topological polar surface area (TPSA) is 78.4 Å². The summed E-state index contributed by atoms with van der Waals surface area (Å²) in [5, 5.41) is 15.0. The number of carbonyl (C=O) groups excluding carboxylic acids is 1. The maximum atomic E-state index is 12.3. The van der Waals surface area contributed by atoms with Gasteiger partial charge >= 0.3 is 5.97 Å². The summed E-state index contributed by atoms with van der Waals surface area (Å²) >= 11 is 0. The second-order valence-corrected chi connectivity index (χ2v) is 6.48. The average molecular weight is 256 g/mol. The van der Waals surface area contributed by atoms with Gasteiger partial charge in [0.1, 0.15) is 0 Å². The molecule has 1 fully saturated rings. The van der Waals surface area contributed by atoms with Crippen LogP contribution in [0.3, 0.4) is 0 Å². The SMILES string of the molecule is CC1(C(=O)NC(CC(=O)O)C(C)(C)C)CCNC1. The summed E-state index contributed by atoms with van der Waals surface area (Å²) in [4.78, 5) is 23.1. The quantitative estimate of drug-likeness (QED) is 0.701. The minimum atomic E-state index is -0.884. The molecule has 18 heavy (non-hydrogen) atoms. The molecule has 1 aliphatic rings. The van der Waals surface area contributed by atoms with Crippen molar-refractivity contribution >= 4 is 11.9 Å². The van der Waals surface area contributed by atoms with Crippen molar-refractivity contribution in [3.05, 3.63) is 0 Å². The van der Waals surface area contributed by atoms with Gasteiger partial charge in [0.2, 0.25) is 5.91 Å². The van der Waals surface area contributed by atoms with Crippen LogP contribution in [-0.4, -0.2) is 36.1 Å². The van der Waals surface area contributed by atoms with Gasteiger partial charge < -0.3 is 15.7 Å². The molecule has 5 heteroatoms. The third-order valence-corrected chi connectivity index (χ3v) is 3.65. The van der Waals surface area contributed by atoms with Crippen molar-refractivity contribution in [3.8, 4) is 0 Å². The van der Waals surface area contributed by atoms with Crippen LogP contribution in [0, 0.1) is 10.8 Å². The van der Waals surface area contributed by atoms with Crippen LogP contribution in [0.5, 0.6) is 0 Å². The highest BCUT2D eigenvalue weighted by atomic mass is 16.4. The Balaban J connectivity index is 2.71. The van der Waals surface area contributed by atoms with Gasteiger partial charge in [-0.2, -0.15) is 0 Å². The van der Waals surface area contributed by atoms with E-state index in [0.29, 0.717) is 6.54 Å². The summed E-state index contributed by atoms with van der Waals surface area (Å²) in [6.45, 7) is 9.23. The van der Waals surface area contributed by atoms with Crippen LogP contribution >= 0.6 is 0 Å². The van der Waals surface area contributed by atoms with Crippen molar-refractivity contribution in [2.75, 3.05) is 13.1 Å². The van der Waals surface area contributed by atoms with Crippen molar-refractivity contribution in [3.63, 3.8) is 0 Å². The highest BCUT2D eigenvalue weighted by Crippen LogP contribution is 2.27. The molecule has 0 aromatic rings. The molecule has 2 unspecified atom stereocenters. The Labute approximate surface area is 108 Å². The highest BCUT2D eigenvalue weighted by molar-refractivity contribution is 5.83. The predicted molar refractivity (Wildman–Crippen MR) is 69.2 cm³/mol. The number of amides is 1. The van der Waals surface area contributed by atoms with E-state index < -0.39 is 11.4 Å². The van der Waals surface area contributed by atoms with Crippen LogP contribution in [0.25, 0.3) is 0 Å². The zero-order valence-corrected chi connectivity index (χ0v) is 11.7. The van der Waals surface area contributed by atoms with E-state index in [2.05, 4.69) is 10.6 Å². The van der Waals surface area contributed by atoms with E-state index in [9.17, 15) is 9.59 Å². The second-order valence-electron chi connectivity index (χ2n) is 6.48. The normalized spacial score (nSPS) is 25.8. The first-order valence-electron chi connectivity index (χ1n) is 6.39. The van der Waals surface area contributed by atoms with Gasteiger partial charge in [0.15, 0.2) is 0 Å². The number of carbonyl (C=O) groups is 2. The van der Waals surface area contributed by atoms with Gasteiger partial charge in [-0.1, -0.05) is 20.8 Å². The van der Waals surface area contributed by atoms with Gasteiger partial charge in [-0.05, 0) is 25.3 Å². The van der Waals surface area contributed by atoms with Crippen LogP contribution in [0.1, 0.15) is 40.5 Å². The summed E-state index contributed by atoms with van der Waals surface area (Å²) < 4.78 is 0. The Morgan fingerprint density at radius 3 is 2.44 bits per heavy atom. The summed E-state index contributed by atoms with van der Waals surface area (Å²) in [5.74, 6) is -0.932. The van der Waals surface area contributed by atoms with Crippen molar-refractivity contribution in [1.29, 1.82) is 0 Å². The fourth-order valence-electron chi connectivity index (χ4n) is 2.09. The Bertz CT molecular complexity index is 328. The molecule has 1 heterocycles. The number of carboxylic acids is 1. The number of hydrogen-bond donors (Lipinski definition) is 3. The van der Waals surface area contributed by atoms with E-state index in [4.69, 9.17) is 5.11 Å². The standard InChI is InChI=1S/C13H24N2O3/c1-12(2,3)9(7-10(16)17)15-11(18)13(4)5-6-14-8-13/h9,14H,5-8H2,1-4H3,(H,15,18)(H,16,17). The van der Waals surface area contributed by atoms with Crippen molar-refractivity contribution < 1.29 is 14.7 Å². The van der Waals surface area contributed by atoms with Crippen LogP contribution in [-0.2, 0) is 9.59 Å². The van der Waals surface area contributed by atoms with Crippen LogP contribution in [0.4, 0.5) is 0 Å². The smallest absolute Gasteiger partial charge is 0.305 e. The van der Waals surface area contributed by atoms with Crippen LogP contribution < -0.4 is 10.6 Å². The molecule has 1 rings (SSSR count). The van der Waals surface area contributed by atoms with E-state index in [1.54, 1.807) is 0 Å². The van der Waals surface area contributed by atoms with E-state index in [-0.39, 0.29) is 23.8 Å². The Morgan fingerprint density at radius 2 is 2.06 bits per heavy atom. The van der Waals surface area contributed by atoms with Crippen molar-refractivity contribution in [2.24, 2.45) is 10.8 Å². The summed E-state index contributed by atoms with van der Waals surface area (Å²) in [7, 11) is 0. The molecule has 0 aliphatic carbocycles. The molecular formula is C13H24N2O3. The van der Waals surface area contributed by atoms with Gasteiger partial charge in [0.25, 0.3) is 0 Å². The minimum absolute atomic E-state index is 0.0429. The Morgan fingerprint density at radius 1 is 1.44 bits per heavy atom. The Hall–Kier alpha value is -1.10. The molecule has 0 spiro atoms. The summed E-state index contributed by atoms with van der Waals surface area (Å²) in [6.07, 6.45) is 0.752. The lowest BCUT2D eigenvalue weighted by molar-refractivity contribution is -0.139. The van der Waals surface area contributed by atoms with E-state index in [0.717, 1.165) is 13.0 Å². The van der Waals surface area contributed by atoms with Gasteiger partial charge in [0.05, 0.1) is 11.8 Å². The zero-order chi connectivity index (χ0) is 14.0. The number of carboxylic acid groups (broad SMARTS) is 1. The van der Waals surface area contributed by atoms with Crippen LogP contribution in [0.2, 0.25) is 0 Å². The summed E-state index contributed by atoms with van der Waals surface area (Å²) in [6, 6.07) is -0.347. The molecule has 3 N–H and O–H groups in total. The van der Waals surface area contributed by atoms with Gasteiger partial charge in [0, 0.05) is 12.6 Å². The fraction of sp³-hybridized carbons (Fsp3) is 0.846. The fourth-order valence-corrected chi connectivity index (χ4v) is 2.09. The number of hydrogen-bond acceptors (Lipinski definition) is 3. The van der Waals surface area contributed by atoms with E-state index >= 15 is 0 Å². The predicted octanol–water partition coefficient (Wildman–Crippen LogP) is 0.992. The van der Waals surface area contributed by atoms with Crippen LogP contribution in [0.15, 0.2) is 0 Å². The largest absolute Gasteiger partial charge is 0.481 e. The van der Waals surface area contributed by atoms with Crippen molar-refractivity contribution in [1.82, 2.24) is 10.6 Å². The zero-order valence-electron chi connectivity index (χ0n) is 11.7. The maximum Gasteiger partial charge on any atom is 0.305 e. The number of rotatable bonds is 4. The molecule has 0 aromatic carbocycles. The van der Waals surface area contributed by atoms with Gasteiger partial charge in [-0.15, -0.1) is 0 Å². The molecule has 0 saturated carbocycles.